The molecule has 0 N–H and O–H groups in total. The van der Waals surface area contributed by atoms with Gasteiger partial charge in [0, 0.05) is 6.54 Å². The first-order chi connectivity index (χ1) is 10.9. The number of nitriles is 1. The van der Waals surface area contributed by atoms with Gasteiger partial charge in [0.05, 0.1) is 30.9 Å². The zero-order valence-electron chi connectivity index (χ0n) is 14.0. The van der Waals surface area contributed by atoms with Crippen LogP contribution >= 0.6 is 0 Å². The lowest BCUT2D eigenvalue weighted by Crippen LogP contribution is -2.41. The van der Waals surface area contributed by atoms with Crippen LogP contribution < -0.4 is 0 Å². The highest BCUT2D eigenvalue weighted by molar-refractivity contribution is 5.68. The summed E-state index contributed by atoms with van der Waals surface area (Å²) in [5.41, 5.74) is 1.18. The van der Waals surface area contributed by atoms with Crippen molar-refractivity contribution in [3.05, 3.63) is 35.4 Å². The molecule has 1 aromatic carbocycles. The van der Waals surface area contributed by atoms with Gasteiger partial charge in [-0.3, -0.25) is 0 Å². The first kappa shape index (κ1) is 17.3. The molecule has 0 bridgehead atoms. The SMILES string of the molecule is CC(C)(C)OC(=O)N1CCCC1COCc1ccc(C#N)cc1. The number of hydrogen-bond donors (Lipinski definition) is 0. The summed E-state index contributed by atoms with van der Waals surface area (Å²) < 4.78 is 11.2. The Bertz CT molecular complexity index is 569. The maximum absolute atomic E-state index is 12.2. The maximum Gasteiger partial charge on any atom is 0.410 e. The van der Waals surface area contributed by atoms with Crippen molar-refractivity contribution in [2.45, 2.75) is 51.9 Å². The van der Waals surface area contributed by atoms with E-state index in [4.69, 9.17) is 14.7 Å². The van der Waals surface area contributed by atoms with E-state index in [1.807, 2.05) is 32.9 Å². The Morgan fingerprint density at radius 2 is 2.04 bits per heavy atom. The van der Waals surface area contributed by atoms with Gasteiger partial charge in [-0.25, -0.2) is 4.79 Å². The molecule has 5 heteroatoms. The molecule has 0 radical (unpaired) electrons. The Morgan fingerprint density at radius 3 is 2.65 bits per heavy atom. The Morgan fingerprint density at radius 1 is 1.35 bits per heavy atom. The average Bonchev–Trinajstić information content (AvgIpc) is 2.95. The van der Waals surface area contributed by atoms with Crippen LogP contribution in [0.3, 0.4) is 0 Å². The van der Waals surface area contributed by atoms with Crippen molar-refractivity contribution in [3.8, 4) is 6.07 Å². The second-order valence-corrected chi connectivity index (χ2v) is 6.79. The third-order valence-electron chi connectivity index (χ3n) is 3.67. The molecular weight excluding hydrogens is 292 g/mol. The highest BCUT2D eigenvalue weighted by atomic mass is 16.6. The number of benzene rings is 1. The van der Waals surface area contributed by atoms with Crippen LogP contribution in [-0.4, -0.2) is 35.8 Å². The molecule has 1 saturated heterocycles. The zero-order valence-corrected chi connectivity index (χ0v) is 14.0. The minimum Gasteiger partial charge on any atom is -0.444 e. The highest BCUT2D eigenvalue weighted by Crippen LogP contribution is 2.21. The number of ether oxygens (including phenoxy) is 2. The Kier molecular flexibility index (Phi) is 5.62. The smallest absolute Gasteiger partial charge is 0.410 e. The van der Waals surface area contributed by atoms with Gasteiger partial charge in [0.2, 0.25) is 0 Å². The summed E-state index contributed by atoms with van der Waals surface area (Å²) in [5, 5.41) is 8.78. The molecule has 1 heterocycles. The third kappa shape index (κ3) is 5.26. The van der Waals surface area contributed by atoms with Crippen LogP contribution in [0.1, 0.15) is 44.7 Å². The van der Waals surface area contributed by atoms with Gasteiger partial charge in [-0.05, 0) is 51.3 Å². The molecule has 1 fully saturated rings. The van der Waals surface area contributed by atoms with Crippen LogP contribution in [-0.2, 0) is 16.1 Å². The quantitative estimate of drug-likeness (QED) is 0.853. The number of likely N-dealkylation sites (tertiary alicyclic amines) is 1. The molecule has 1 atom stereocenters. The fourth-order valence-electron chi connectivity index (χ4n) is 2.56. The molecular formula is C18H24N2O3. The zero-order chi connectivity index (χ0) is 16.9. The van der Waals surface area contributed by atoms with Crippen molar-refractivity contribution in [1.29, 1.82) is 5.26 Å². The predicted molar refractivity (Wildman–Crippen MR) is 86.8 cm³/mol. The Balaban J connectivity index is 1.82. The van der Waals surface area contributed by atoms with Crippen molar-refractivity contribution in [2.75, 3.05) is 13.2 Å². The van der Waals surface area contributed by atoms with Gasteiger partial charge in [-0.2, -0.15) is 5.26 Å². The van der Waals surface area contributed by atoms with Gasteiger partial charge in [0.25, 0.3) is 0 Å². The van der Waals surface area contributed by atoms with E-state index in [9.17, 15) is 4.79 Å². The second-order valence-electron chi connectivity index (χ2n) is 6.79. The van der Waals surface area contributed by atoms with E-state index >= 15 is 0 Å². The van der Waals surface area contributed by atoms with Crippen molar-refractivity contribution in [3.63, 3.8) is 0 Å². The van der Waals surface area contributed by atoms with Crippen LogP contribution in [0.15, 0.2) is 24.3 Å². The van der Waals surface area contributed by atoms with Gasteiger partial charge in [-0.1, -0.05) is 12.1 Å². The summed E-state index contributed by atoms with van der Waals surface area (Å²) in [6, 6.07) is 9.50. The Labute approximate surface area is 137 Å². The van der Waals surface area contributed by atoms with Crippen LogP contribution in [0.2, 0.25) is 0 Å². The topological polar surface area (TPSA) is 62.6 Å². The normalized spacial score (nSPS) is 17.8. The van der Waals surface area contributed by atoms with Crippen LogP contribution in [0.5, 0.6) is 0 Å². The van der Waals surface area contributed by atoms with Crippen molar-refractivity contribution < 1.29 is 14.3 Å². The lowest BCUT2D eigenvalue weighted by Gasteiger charge is -2.28. The van der Waals surface area contributed by atoms with Gasteiger partial charge in [0.1, 0.15) is 5.60 Å². The first-order valence-corrected chi connectivity index (χ1v) is 7.95. The molecule has 5 nitrogen and oxygen atoms in total. The lowest BCUT2D eigenvalue weighted by molar-refractivity contribution is 0.00883. The second kappa shape index (κ2) is 7.47. The number of carbonyl (C=O) groups excluding carboxylic acids is 1. The van der Waals surface area contributed by atoms with Crippen molar-refractivity contribution in [1.82, 2.24) is 4.90 Å². The molecule has 1 aromatic rings. The summed E-state index contributed by atoms with van der Waals surface area (Å²) in [6.45, 7) is 7.32. The molecule has 0 saturated carbocycles. The summed E-state index contributed by atoms with van der Waals surface area (Å²) >= 11 is 0. The van der Waals surface area contributed by atoms with E-state index in [1.54, 1.807) is 17.0 Å². The maximum atomic E-state index is 12.2. The molecule has 0 aliphatic carbocycles. The lowest BCUT2D eigenvalue weighted by atomic mass is 10.1. The van der Waals surface area contributed by atoms with E-state index in [-0.39, 0.29) is 12.1 Å². The van der Waals surface area contributed by atoms with Crippen LogP contribution in [0.4, 0.5) is 4.79 Å². The first-order valence-electron chi connectivity index (χ1n) is 7.95. The van der Waals surface area contributed by atoms with E-state index in [0.29, 0.717) is 18.8 Å². The minimum atomic E-state index is -0.479. The molecule has 0 aromatic heterocycles. The van der Waals surface area contributed by atoms with Gasteiger partial charge < -0.3 is 14.4 Å². The fourth-order valence-corrected chi connectivity index (χ4v) is 2.56. The number of carbonyl (C=O) groups is 1. The highest BCUT2D eigenvalue weighted by Gasteiger charge is 2.32. The minimum absolute atomic E-state index is 0.0724. The molecule has 1 aliphatic heterocycles. The van der Waals surface area contributed by atoms with E-state index in [0.717, 1.165) is 24.9 Å². The monoisotopic (exact) mass is 316 g/mol. The summed E-state index contributed by atoms with van der Waals surface area (Å²) in [7, 11) is 0. The predicted octanol–water partition coefficient (Wildman–Crippen LogP) is 3.47. The van der Waals surface area contributed by atoms with Crippen LogP contribution in [0, 0.1) is 11.3 Å². The van der Waals surface area contributed by atoms with Crippen molar-refractivity contribution in [2.24, 2.45) is 0 Å². The molecule has 2 rings (SSSR count). The third-order valence-corrected chi connectivity index (χ3v) is 3.67. The summed E-state index contributed by atoms with van der Waals surface area (Å²) in [4.78, 5) is 14.0. The molecule has 23 heavy (non-hydrogen) atoms. The number of amides is 1. The van der Waals surface area contributed by atoms with Gasteiger partial charge >= 0.3 is 6.09 Å². The average molecular weight is 316 g/mol. The summed E-state index contributed by atoms with van der Waals surface area (Å²) in [6.07, 6.45) is 1.65. The largest absolute Gasteiger partial charge is 0.444 e. The molecule has 0 spiro atoms. The molecule has 1 aliphatic rings. The number of rotatable bonds is 4. The molecule has 1 unspecified atom stereocenters. The van der Waals surface area contributed by atoms with Gasteiger partial charge in [0.15, 0.2) is 0 Å². The van der Waals surface area contributed by atoms with E-state index in [1.165, 1.54) is 0 Å². The van der Waals surface area contributed by atoms with E-state index in [2.05, 4.69) is 6.07 Å². The molecule has 1 amide bonds. The summed E-state index contributed by atoms with van der Waals surface area (Å²) in [5.74, 6) is 0. The number of hydrogen-bond acceptors (Lipinski definition) is 4. The molecule has 124 valence electrons. The number of nitrogens with zero attached hydrogens (tertiary/aromatic N) is 2. The van der Waals surface area contributed by atoms with Crippen molar-refractivity contribution >= 4 is 6.09 Å². The Hall–Kier alpha value is -2.06. The fraction of sp³-hybridized carbons (Fsp3) is 0.556. The van der Waals surface area contributed by atoms with Crippen LogP contribution in [0.25, 0.3) is 0 Å². The standard InChI is InChI=1S/C18H24N2O3/c1-18(2,3)23-17(21)20-10-4-5-16(20)13-22-12-15-8-6-14(11-19)7-9-15/h6-9,16H,4-5,10,12-13H2,1-3H3. The van der Waals surface area contributed by atoms with Gasteiger partial charge in [-0.15, -0.1) is 0 Å². The van der Waals surface area contributed by atoms with E-state index < -0.39 is 5.60 Å².